The zero-order valence-electron chi connectivity index (χ0n) is 10.7. The van der Waals surface area contributed by atoms with Crippen molar-refractivity contribution in [3.05, 3.63) is 36.4 Å². The lowest BCUT2D eigenvalue weighted by molar-refractivity contribution is -0.119. The first-order valence-electron chi connectivity index (χ1n) is 5.75. The summed E-state index contributed by atoms with van der Waals surface area (Å²) in [5.41, 5.74) is 0.537. The smallest absolute Gasteiger partial charge is 0.405 e. The maximum absolute atomic E-state index is 12.3. The van der Waals surface area contributed by atoms with Crippen molar-refractivity contribution in [2.75, 3.05) is 25.6 Å². The van der Waals surface area contributed by atoms with E-state index in [9.17, 15) is 13.2 Å². The molecule has 0 atom stereocenters. The minimum absolute atomic E-state index is 0.537. The Labute approximate surface area is 109 Å². The second-order valence-electron chi connectivity index (χ2n) is 4.37. The number of fused-ring (bicyclic) bond motifs is 1. The standard InChI is InChI=1S/C14H14F3NO/c1-18(9-14(15,16)17)12-5-3-11-8-13(19-2)6-4-10(11)7-12/h3-8H,9H2,1-2H3. The molecule has 2 nitrogen and oxygen atoms in total. The van der Waals surface area contributed by atoms with Crippen molar-refractivity contribution in [1.29, 1.82) is 0 Å². The summed E-state index contributed by atoms with van der Waals surface area (Å²) in [5.74, 6) is 0.726. The van der Waals surface area contributed by atoms with Gasteiger partial charge in [-0.05, 0) is 35.0 Å². The lowest BCUT2D eigenvalue weighted by atomic mass is 10.1. The summed E-state index contributed by atoms with van der Waals surface area (Å²) >= 11 is 0. The molecule has 0 aromatic heterocycles. The van der Waals surface area contributed by atoms with E-state index in [4.69, 9.17) is 4.74 Å². The van der Waals surface area contributed by atoms with Crippen molar-refractivity contribution in [2.45, 2.75) is 6.18 Å². The highest BCUT2D eigenvalue weighted by atomic mass is 19.4. The molecule has 0 spiro atoms. The topological polar surface area (TPSA) is 12.5 Å². The minimum atomic E-state index is -4.20. The first kappa shape index (κ1) is 13.5. The highest BCUT2D eigenvalue weighted by molar-refractivity contribution is 5.87. The predicted octanol–water partition coefficient (Wildman–Crippen LogP) is 3.85. The molecule has 0 N–H and O–H groups in total. The number of ether oxygens (including phenoxy) is 1. The van der Waals surface area contributed by atoms with Crippen LogP contribution in [0.1, 0.15) is 0 Å². The van der Waals surface area contributed by atoms with Gasteiger partial charge in [-0.1, -0.05) is 12.1 Å². The molecule has 0 saturated heterocycles. The van der Waals surface area contributed by atoms with Gasteiger partial charge in [0.1, 0.15) is 12.3 Å². The summed E-state index contributed by atoms with van der Waals surface area (Å²) in [7, 11) is 3.00. The van der Waals surface area contributed by atoms with Gasteiger partial charge in [0, 0.05) is 12.7 Å². The van der Waals surface area contributed by atoms with Crippen LogP contribution in [0.2, 0.25) is 0 Å². The number of hydrogen-bond donors (Lipinski definition) is 0. The van der Waals surface area contributed by atoms with Crippen molar-refractivity contribution in [1.82, 2.24) is 0 Å². The fourth-order valence-electron chi connectivity index (χ4n) is 1.94. The van der Waals surface area contributed by atoms with Gasteiger partial charge in [-0.3, -0.25) is 0 Å². The molecule has 5 heteroatoms. The number of benzene rings is 2. The van der Waals surface area contributed by atoms with E-state index in [1.54, 1.807) is 31.4 Å². The summed E-state index contributed by atoms with van der Waals surface area (Å²) in [5, 5.41) is 1.82. The van der Waals surface area contributed by atoms with Gasteiger partial charge in [-0.2, -0.15) is 13.2 Å². The normalized spacial score (nSPS) is 11.6. The van der Waals surface area contributed by atoms with Crippen LogP contribution in [0.15, 0.2) is 36.4 Å². The average Bonchev–Trinajstić information content (AvgIpc) is 2.35. The van der Waals surface area contributed by atoms with Crippen LogP contribution in [-0.4, -0.2) is 26.9 Å². The third-order valence-electron chi connectivity index (χ3n) is 2.89. The van der Waals surface area contributed by atoms with Gasteiger partial charge in [0.2, 0.25) is 0 Å². The van der Waals surface area contributed by atoms with E-state index in [1.165, 1.54) is 11.9 Å². The largest absolute Gasteiger partial charge is 0.497 e. The number of nitrogens with zero attached hydrogens (tertiary/aromatic N) is 1. The molecule has 2 aromatic carbocycles. The molecule has 0 aliphatic heterocycles. The lowest BCUT2D eigenvalue weighted by Gasteiger charge is -2.21. The van der Waals surface area contributed by atoms with Crippen LogP contribution in [0.5, 0.6) is 5.75 Å². The minimum Gasteiger partial charge on any atom is -0.497 e. The number of hydrogen-bond acceptors (Lipinski definition) is 2. The lowest BCUT2D eigenvalue weighted by Crippen LogP contribution is -2.30. The van der Waals surface area contributed by atoms with Crippen LogP contribution in [0.25, 0.3) is 10.8 Å². The summed E-state index contributed by atoms with van der Waals surface area (Å²) in [6.07, 6.45) is -4.20. The van der Waals surface area contributed by atoms with Crippen molar-refractivity contribution in [3.63, 3.8) is 0 Å². The van der Waals surface area contributed by atoms with Crippen LogP contribution in [0, 0.1) is 0 Å². The number of methoxy groups -OCH3 is 1. The monoisotopic (exact) mass is 269 g/mol. The molecule has 0 aliphatic carbocycles. The third-order valence-corrected chi connectivity index (χ3v) is 2.89. The molecular weight excluding hydrogens is 255 g/mol. The van der Waals surface area contributed by atoms with E-state index in [1.807, 2.05) is 12.1 Å². The van der Waals surface area contributed by atoms with Crippen molar-refractivity contribution in [2.24, 2.45) is 0 Å². The molecule has 0 aliphatic rings. The Morgan fingerprint density at radius 1 is 1.05 bits per heavy atom. The van der Waals surface area contributed by atoms with Gasteiger partial charge in [-0.25, -0.2) is 0 Å². The fraction of sp³-hybridized carbons (Fsp3) is 0.286. The first-order valence-corrected chi connectivity index (χ1v) is 5.75. The Bertz CT molecular complexity index is 580. The zero-order chi connectivity index (χ0) is 14.0. The van der Waals surface area contributed by atoms with Gasteiger partial charge < -0.3 is 9.64 Å². The van der Waals surface area contributed by atoms with E-state index in [0.29, 0.717) is 5.69 Å². The predicted molar refractivity (Wildman–Crippen MR) is 69.8 cm³/mol. The molecule has 0 fully saturated rings. The Kier molecular flexibility index (Phi) is 3.55. The van der Waals surface area contributed by atoms with Crippen molar-refractivity contribution < 1.29 is 17.9 Å². The van der Waals surface area contributed by atoms with Gasteiger partial charge in [0.25, 0.3) is 0 Å². The molecule has 0 heterocycles. The van der Waals surface area contributed by atoms with Crippen LogP contribution in [0.3, 0.4) is 0 Å². The molecule has 19 heavy (non-hydrogen) atoms. The number of anilines is 1. The maximum atomic E-state index is 12.3. The molecule has 0 amide bonds. The summed E-state index contributed by atoms with van der Waals surface area (Å²) < 4.78 is 42.1. The Balaban J connectivity index is 2.31. The van der Waals surface area contributed by atoms with Gasteiger partial charge >= 0.3 is 6.18 Å². The molecule has 0 radical (unpaired) electrons. The molecule has 0 bridgehead atoms. The summed E-state index contributed by atoms with van der Waals surface area (Å²) in [4.78, 5) is 1.18. The molecule has 102 valence electrons. The van der Waals surface area contributed by atoms with Crippen LogP contribution < -0.4 is 9.64 Å². The Morgan fingerprint density at radius 2 is 1.68 bits per heavy atom. The second-order valence-corrected chi connectivity index (χ2v) is 4.37. The fourth-order valence-corrected chi connectivity index (χ4v) is 1.94. The highest BCUT2D eigenvalue weighted by Crippen LogP contribution is 2.27. The highest BCUT2D eigenvalue weighted by Gasteiger charge is 2.29. The van der Waals surface area contributed by atoms with Crippen LogP contribution in [-0.2, 0) is 0 Å². The van der Waals surface area contributed by atoms with Crippen molar-refractivity contribution >= 4 is 16.5 Å². The van der Waals surface area contributed by atoms with Gasteiger partial charge in [0.05, 0.1) is 7.11 Å². The molecule has 2 aromatic rings. The van der Waals surface area contributed by atoms with E-state index >= 15 is 0 Å². The third kappa shape index (κ3) is 3.30. The molecule has 0 unspecified atom stereocenters. The number of halogens is 3. The summed E-state index contributed by atoms with van der Waals surface area (Å²) in [6.45, 7) is -0.964. The molecule has 2 rings (SSSR count). The number of rotatable bonds is 3. The van der Waals surface area contributed by atoms with Crippen LogP contribution in [0.4, 0.5) is 18.9 Å². The average molecular weight is 269 g/mol. The van der Waals surface area contributed by atoms with Gasteiger partial charge in [-0.15, -0.1) is 0 Å². The Hall–Kier alpha value is -1.91. The van der Waals surface area contributed by atoms with E-state index in [2.05, 4.69) is 0 Å². The SMILES string of the molecule is COc1ccc2cc(N(C)CC(F)(F)F)ccc2c1. The van der Waals surface area contributed by atoms with Crippen LogP contribution >= 0.6 is 0 Å². The molecule has 0 saturated carbocycles. The van der Waals surface area contributed by atoms with Crippen molar-refractivity contribution in [3.8, 4) is 5.75 Å². The Morgan fingerprint density at radius 3 is 2.32 bits per heavy atom. The van der Waals surface area contributed by atoms with E-state index in [0.717, 1.165) is 16.5 Å². The molecular formula is C14H14F3NO. The quantitative estimate of drug-likeness (QED) is 0.839. The second kappa shape index (κ2) is 4.99. The summed E-state index contributed by atoms with van der Waals surface area (Å²) in [6, 6.07) is 10.7. The number of alkyl halides is 3. The zero-order valence-corrected chi connectivity index (χ0v) is 10.7. The first-order chi connectivity index (χ1) is 8.89. The van der Waals surface area contributed by atoms with Gasteiger partial charge in [0.15, 0.2) is 0 Å². The van der Waals surface area contributed by atoms with E-state index in [-0.39, 0.29) is 0 Å². The maximum Gasteiger partial charge on any atom is 0.405 e. The van der Waals surface area contributed by atoms with E-state index < -0.39 is 12.7 Å².